The second-order valence-electron chi connectivity index (χ2n) is 8.68. The summed E-state index contributed by atoms with van der Waals surface area (Å²) < 4.78 is 5.00. The highest BCUT2D eigenvalue weighted by Gasteiger charge is 2.54. The highest BCUT2D eigenvalue weighted by molar-refractivity contribution is 5.66. The molecule has 2 aliphatic carbocycles. The summed E-state index contributed by atoms with van der Waals surface area (Å²) in [5, 5.41) is 0. The lowest BCUT2D eigenvalue weighted by Crippen LogP contribution is -2.51. The Kier molecular flexibility index (Phi) is 6.29. The minimum atomic E-state index is -0.240. The minimum Gasteiger partial charge on any atom is -0.462 e. The van der Waals surface area contributed by atoms with Gasteiger partial charge in [0.25, 0.3) is 0 Å². The number of carbonyl (C=O) groups excluding carboxylic acids is 2. The number of ether oxygens (including phenoxy) is 1. The topological polar surface area (TPSA) is 43.4 Å². The van der Waals surface area contributed by atoms with E-state index in [9.17, 15) is 9.59 Å². The highest BCUT2D eigenvalue weighted by Crippen LogP contribution is 2.61. The number of hydrogen-bond donors (Lipinski definition) is 0. The molecule has 0 aliphatic heterocycles. The Morgan fingerprint density at radius 2 is 2.04 bits per heavy atom. The van der Waals surface area contributed by atoms with E-state index in [1.807, 2.05) is 6.08 Å². The first-order valence-electron chi connectivity index (χ1n) is 9.66. The van der Waals surface area contributed by atoms with Crippen molar-refractivity contribution in [1.29, 1.82) is 0 Å². The smallest absolute Gasteiger partial charge is 0.302 e. The van der Waals surface area contributed by atoms with Gasteiger partial charge in [0.1, 0.15) is 12.9 Å². The van der Waals surface area contributed by atoms with Gasteiger partial charge in [-0.05, 0) is 68.8 Å². The lowest BCUT2D eigenvalue weighted by Gasteiger charge is -2.57. The van der Waals surface area contributed by atoms with Crippen LogP contribution >= 0.6 is 0 Å². The summed E-state index contributed by atoms with van der Waals surface area (Å²) in [6.07, 6.45) is 10.8. The molecule has 3 nitrogen and oxygen atoms in total. The molecule has 0 bridgehead atoms. The van der Waals surface area contributed by atoms with Crippen LogP contribution in [0.15, 0.2) is 23.8 Å². The molecule has 0 saturated heterocycles. The van der Waals surface area contributed by atoms with Crippen LogP contribution in [-0.4, -0.2) is 18.9 Å². The van der Waals surface area contributed by atoms with Crippen molar-refractivity contribution in [2.75, 3.05) is 6.61 Å². The second-order valence-corrected chi connectivity index (χ2v) is 8.68. The van der Waals surface area contributed by atoms with Gasteiger partial charge in [-0.25, -0.2) is 0 Å². The third kappa shape index (κ3) is 4.24. The lowest BCUT2D eigenvalue weighted by molar-refractivity contribution is -0.139. The Labute approximate surface area is 152 Å². The largest absolute Gasteiger partial charge is 0.462 e. The number of aldehydes is 1. The van der Waals surface area contributed by atoms with E-state index < -0.39 is 0 Å². The first kappa shape index (κ1) is 19.9. The quantitative estimate of drug-likeness (QED) is 0.374. The summed E-state index contributed by atoms with van der Waals surface area (Å²) in [6, 6.07) is 0. The van der Waals surface area contributed by atoms with Crippen LogP contribution in [0.5, 0.6) is 0 Å². The maximum Gasteiger partial charge on any atom is 0.302 e. The number of carbonyl (C=O) groups is 2. The number of rotatable bonds is 6. The van der Waals surface area contributed by atoms with Crippen molar-refractivity contribution >= 4 is 12.3 Å². The van der Waals surface area contributed by atoms with Gasteiger partial charge in [-0.2, -0.15) is 0 Å². The van der Waals surface area contributed by atoms with E-state index in [0.29, 0.717) is 18.4 Å². The first-order chi connectivity index (χ1) is 11.7. The Morgan fingerprint density at radius 1 is 1.32 bits per heavy atom. The number of allylic oxidation sites excluding steroid dienone is 2. The molecule has 4 unspecified atom stereocenters. The van der Waals surface area contributed by atoms with Crippen molar-refractivity contribution in [2.24, 2.45) is 22.7 Å². The molecule has 0 aromatic carbocycles. The van der Waals surface area contributed by atoms with Gasteiger partial charge in [-0.15, -0.1) is 0 Å². The van der Waals surface area contributed by atoms with E-state index in [0.717, 1.165) is 38.5 Å². The van der Waals surface area contributed by atoms with Gasteiger partial charge >= 0.3 is 5.97 Å². The molecule has 2 aliphatic rings. The van der Waals surface area contributed by atoms with Gasteiger partial charge in [-0.1, -0.05) is 38.0 Å². The second kappa shape index (κ2) is 7.88. The maximum absolute atomic E-state index is 11.8. The summed E-state index contributed by atoms with van der Waals surface area (Å²) in [5.41, 5.74) is 2.63. The summed E-state index contributed by atoms with van der Waals surface area (Å²) in [7, 11) is 0. The monoisotopic (exact) mass is 346 g/mol. The van der Waals surface area contributed by atoms with Crippen molar-refractivity contribution in [3.63, 3.8) is 0 Å². The van der Waals surface area contributed by atoms with Crippen LogP contribution < -0.4 is 0 Å². The zero-order valence-corrected chi connectivity index (χ0v) is 16.4. The zero-order valence-electron chi connectivity index (χ0n) is 16.4. The van der Waals surface area contributed by atoms with Crippen LogP contribution in [0.4, 0.5) is 0 Å². The molecule has 2 fully saturated rings. The fourth-order valence-corrected chi connectivity index (χ4v) is 5.45. The van der Waals surface area contributed by atoms with Crippen LogP contribution in [0.25, 0.3) is 0 Å². The van der Waals surface area contributed by atoms with Gasteiger partial charge in [0.2, 0.25) is 0 Å². The van der Waals surface area contributed by atoms with Crippen LogP contribution in [0.2, 0.25) is 0 Å². The predicted octanol–water partition coefficient (Wildman–Crippen LogP) is 5.25. The number of fused-ring (bicyclic) bond motifs is 1. The predicted molar refractivity (Wildman–Crippen MR) is 101 cm³/mol. The Balaban J connectivity index is 2.09. The molecular formula is C22H34O3. The molecule has 2 saturated carbocycles. The van der Waals surface area contributed by atoms with E-state index >= 15 is 0 Å². The summed E-state index contributed by atoms with van der Waals surface area (Å²) in [5.74, 6) is 0.699. The summed E-state index contributed by atoms with van der Waals surface area (Å²) in [4.78, 5) is 22.7. The number of hydrogen-bond acceptors (Lipinski definition) is 3. The Morgan fingerprint density at radius 3 is 2.68 bits per heavy atom. The molecule has 0 spiro atoms. The molecular weight excluding hydrogens is 312 g/mol. The fraction of sp³-hybridized carbons (Fsp3) is 0.727. The van der Waals surface area contributed by atoms with Crippen LogP contribution in [0.3, 0.4) is 0 Å². The van der Waals surface area contributed by atoms with Crippen molar-refractivity contribution in [3.8, 4) is 0 Å². The summed E-state index contributed by atoms with van der Waals surface area (Å²) >= 11 is 0. The third-order valence-corrected chi connectivity index (χ3v) is 6.88. The number of esters is 1. The molecule has 0 aromatic rings. The van der Waals surface area contributed by atoms with Gasteiger partial charge in [0, 0.05) is 12.3 Å². The maximum atomic E-state index is 11.8. The van der Waals surface area contributed by atoms with E-state index in [-0.39, 0.29) is 16.8 Å². The Bertz CT molecular complexity index is 562. The molecule has 0 radical (unpaired) electrons. The molecule has 3 heteroatoms. The SMILES string of the molecule is C=C1CCC2C(C)(C=O)CCCC2(C)C1CCC(C)=CCOC(C)=O. The average Bonchev–Trinajstić information content (AvgIpc) is 2.53. The van der Waals surface area contributed by atoms with E-state index in [4.69, 9.17) is 4.74 Å². The molecule has 0 N–H and O–H groups in total. The van der Waals surface area contributed by atoms with E-state index in [2.05, 4.69) is 27.4 Å². The molecule has 2 rings (SSSR count). The van der Waals surface area contributed by atoms with Gasteiger partial charge in [0.15, 0.2) is 0 Å². The average molecular weight is 347 g/mol. The standard InChI is InChI=1S/C22H34O3/c1-16(11-14-25-18(3)24)7-9-19-17(2)8-10-20-21(4,15-23)12-6-13-22(19,20)5/h11,15,19-20H,2,6-10,12-14H2,1,3-5H3. The molecule has 25 heavy (non-hydrogen) atoms. The summed E-state index contributed by atoms with van der Waals surface area (Å²) in [6.45, 7) is 12.8. The molecule has 0 amide bonds. The van der Waals surface area contributed by atoms with Crippen LogP contribution in [0.1, 0.15) is 72.6 Å². The highest BCUT2D eigenvalue weighted by atomic mass is 16.5. The first-order valence-corrected chi connectivity index (χ1v) is 9.66. The van der Waals surface area contributed by atoms with Gasteiger partial charge < -0.3 is 9.53 Å². The third-order valence-electron chi connectivity index (χ3n) is 6.88. The molecule has 0 heterocycles. The lowest BCUT2D eigenvalue weighted by atomic mass is 9.47. The fourth-order valence-electron chi connectivity index (χ4n) is 5.45. The van der Waals surface area contributed by atoms with Crippen LogP contribution in [-0.2, 0) is 14.3 Å². The van der Waals surface area contributed by atoms with Crippen molar-refractivity contribution in [2.45, 2.75) is 72.6 Å². The van der Waals surface area contributed by atoms with Crippen molar-refractivity contribution in [1.82, 2.24) is 0 Å². The van der Waals surface area contributed by atoms with Crippen molar-refractivity contribution in [3.05, 3.63) is 23.8 Å². The van der Waals surface area contributed by atoms with Gasteiger partial charge in [-0.3, -0.25) is 4.79 Å². The zero-order chi connectivity index (χ0) is 18.7. The van der Waals surface area contributed by atoms with E-state index in [1.165, 1.54) is 30.8 Å². The Hall–Kier alpha value is -1.38. The van der Waals surface area contributed by atoms with E-state index in [1.54, 1.807) is 0 Å². The minimum absolute atomic E-state index is 0.174. The van der Waals surface area contributed by atoms with Crippen LogP contribution in [0, 0.1) is 22.7 Å². The normalized spacial score (nSPS) is 35.8. The van der Waals surface area contributed by atoms with Gasteiger partial charge in [0.05, 0.1) is 0 Å². The molecule has 4 atom stereocenters. The molecule has 140 valence electrons. The molecule has 0 aromatic heterocycles. The van der Waals surface area contributed by atoms with Crippen molar-refractivity contribution < 1.29 is 14.3 Å².